The molecular weight excluding hydrogens is 390 g/mol. The molecule has 1 aromatic heterocycles. The molecule has 2 saturated heterocycles. The van der Waals surface area contributed by atoms with Crippen LogP contribution in [-0.2, 0) is 11.2 Å². The SMILES string of the molecule is C1CC(N2CCOCC2)CCN1.O=C(O)c1ccc2[nH]cc(CCCCCl)c2c1. The molecule has 6 nitrogen and oxygen atoms in total. The predicted octanol–water partition coefficient (Wildman–Crippen LogP) is 3.50. The lowest BCUT2D eigenvalue weighted by Crippen LogP contribution is -2.47. The Kier molecular flexibility index (Phi) is 8.80. The minimum absolute atomic E-state index is 0.329. The molecule has 0 saturated carbocycles. The molecule has 0 aliphatic carbocycles. The molecule has 29 heavy (non-hydrogen) atoms. The number of piperidine rings is 1. The molecule has 2 aliphatic rings. The minimum Gasteiger partial charge on any atom is -0.478 e. The number of ether oxygens (including phenoxy) is 1. The van der Waals surface area contributed by atoms with Crippen LogP contribution in [-0.4, -0.2) is 72.3 Å². The Balaban J connectivity index is 0.000000176. The summed E-state index contributed by atoms with van der Waals surface area (Å²) in [5.41, 5.74) is 2.47. The zero-order chi connectivity index (χ0) is 20.5. The monoisotopic (exact) mass is 421 g/mol. The number of nitrogens with one attached hydrogen (secondary N) is 2. The van der Waals surface area contributed by atoms with Gasteiger partial charge in [-0.25, -0.2) is 4.79 Å². The molecule has 0 amide bonds. The molecule has 4 rings (SSSR count). The number of aromatic carboxylic acids is 1. The minimum atomic E-state index is -0.889. The van der Waals surface area contributed by atoms with Crippen molar-refractivity contribution in [3.8, 4) is 0 Å². The third kappa shape index (κ3) is 6.44. The van der Waals surface area contributed by atoms with Crippen LogP contribution in [0.15, 0.2) is 24.4 Å². The maximum Gasteiger partial charge on any atom is 0.335 e. The normalized spacial score (nSPS) is 18.4. The Morgan fingerprint density at radius 3 is 2.66 bits per heavy atom. The molecule has 3 heterocycles. The summed E-state index contributed by atoms with van der Waals surface area (Å²) in [5, 5.41) is 13.4. The number of halogens is 1. The van der Waals surface area contributed by atoms with Gasteiger partial charge in [0.05, 0.1) is 18.8 Å². The first-order valence-corrected chi connectivity index (χ1v) is 11.1. The number of benzene rings is 1. The number of hydrogen-bond acceptors (Lipinski definition) is 4. The summed E-state index contributed by atoms with van der Waals surface area (Å²) >= 11 is 5.64. The highest BCUT2D eigenvalue weighted by atomic mass is 35.5. The van der Waals surface area contributed by atoms with Gasteiger partial charge in [0.15, 0.2) is 0 Å². The zero-order valence-electron chi connectivity index (χ0n) is 17.0. The van der Waals surface area contributed by atoms with Crippen molar-refractivity contribution < 1.29 is 14.6 Å². The van der Waals surface area contributed by atoms with E-state index in [1.165, 1.54) is 25.9 Å². The molecule has 0 bridgehead atoms. The van der Waals surface area contributed by atoms with Crippen LogP contribution >= 0.6 is 11.6 Å². The standard InChI is InChI=1S/C13H14ClNO2.C9H18N2O/c14-6-2-1-3-10-8-15-12-5-4-9(13(16)17)7-11(10)12;1-3-10-4-2-9(1)11-5-7-12-8-6-11/h4-5,7-8,15H,1-3,6H2,(H,16,17);9-10H,1-8H2. The van der Waals surface area contributed by atoms with E-state index in [1.54, 1.807) is 12.1 Å². The molecule has 160 valence electrons. The van der Waals surface area contributed by atoms with Crippen LogP contribution in [0.1, 0.15) is 41.6 Å². The zero-order valence-corrected chi connectivity index (χ0v) is 17.7. The lowest BCUT2D eigenvalue weighted by molar-refractivity contribution is 0.0101. The van der Waals surface area contributed by atoms with Crippen LogP contribution in [0.3, 0.4) is 0 Å². The van der Waals surface area contributed by atoms with Crippen LogP contribution in [0.2, 0.25) is 0 Å². The van der Waals surface area contributed by atoms with Crippen molar-refractivity contribution in [2.75, 3.05) is 45.3 Å². The van der Waals surface area contributed by atoms with E-state index in [9.17, 15) is 4.79 Å². The van der Waals surface area contributed by atoms with E-state index in [1.807, 2.05) is 12.3 Å². The fourth-order valence-electron chi connectivity index (χ4n) is 4.04. The Morgan fingerprint density at radius 1 is 1.21 bits per heavy atom. The number of alkyl halides is 1. The molecule has 1 aromatic carbocycles. The molecule has 2 aromatic rings. The Labute approximate surface area is 177 Å². The summed E-state index contributed by atoms with van der Waals surface area (Å²) < 4.78 is 5.33. The highest BCUT2D eigenvalue weighted by molar-refractivity contribution is 6.17. The second-order valence-electron chi connectivity index (χ2n) is 7.66. The van der Waals surface area contributed by atoms with Crippen LogP contribution in [0.5, 0.6) is 0 Å². The van der Waals surface area contributed by atoms with E-state index in [4.69, 9.17) is 21.4 Å². The van der Waals surface area contributed by atoms with Gasteiger partial charge < -0.3 is 20.1 Å². The second-order valence-corrected chi connectivity index (χ2v) is 8.03. The molecule has 2 fully saturated rings. The summed E-state index contributed by atoms with van der Waals surface area (Å²) in [6.07, 6.45) is 7.51. The number of morpholine rings is 1. The molecule has 0 spiro atoms. The van der Waals surface area contributed by atoms with E-state index in [-0.39, 0.29) is 0 Å². The fourth-order valence-corrected chi connectivity index (χ4v) is 4.23. The third-order valence-electron chi connectivity index (χ3n) is 5.71. The smallest absolute Gasteiger partial charge is 0.335 e. The van der Waals surface area contributed by atoms with E-state index >= 15 is 0 Å². The molecule has 3 N–H and O–H groups in total. The quantitative estimate of drug-likeness (QED) is 0.491. The lowest BCUT2D eigenvalue weighted by atomic mass is 10.0. The number of carboxylic acids is 1. The Hall–Kier alpha value is -1.60. The van der Waals surface area contributed by atoms with Gasteiger partial charge in [0.2, 0.25) is 0 Å². The average molecular weight is 422 g/mol. The Morgan fingerprint density at radius 2 is 1.97 bits per heavy atom. The van der Waals surface area contributed by atoms with E-state index in [0.717, 1.165) is 68.1 Å². The molecule has 2 aliphatic heterocycles. The first-order valence-electron chi connectivity index (χ1n) is 10.6. The van der Waals surface area contributed by atoms with Crippen molar-refractivity contribution in [3.63, 3.8) is 0 Å². The van der Waals surface area contributed by atoms with Crippen LogP contribution < -0.4 is 5.32 Å². The van der Waals surface area contributed by atoms with Crippen molar-refractivity contribution in [1.29, 1.82) is 0 Å². The number of nitrogens with zero attached hydrogens (tertiary/aromatic N) is 1. The maximum absolute atomic E-state index is 10.9. The molecule has 0 atom stereocenters. The van der Waals surface area contributed by atoms with Crippen LogP contribution in [0, 0.1) is 0 Å². The number of aromatic nitrogens is 1. The largest absolute Gasteiger partial charge is 0.478 e. The highest BCUT2D eigenvalue weighted by Gasteiger charge is 2.22. The first kappa shape index (κ1) is 22.1. The van der Waals surface area contributed by atoms with Gasteiger partial charge in [-0.05, 0) is 69.0 Å². The second kappa shape index (κ2) is 11.6. The van der Waals surface area contributed by atoms with Crippen molar-refractivity contribution in [2.45, 2.75) is 38.1 Å². The number of hydrogen-bond donors (Lipinski definition) is 3. The summed E-state index contributed by atoms with van der Waals surface area (Å²) in [7, 11) is 0. The number of unbranched alkanes of at least 4 members (excludes halogenated alkanes) is 1. The third-order valence-corrected chi connectivity index (χ3v) is 5.98. The predicted molar refractivity (Wildman–Crippen MR) is 117 cm³/mol. The van der Waals surface area contributed by atoms with Crippen molar-refractivity contribution >= 4 is 28.5 Å². The summed E-state index contributed by atoms with van der Waals surface area (Å²) in [6, 6.07) is 5.98. The van der Waals surface area contributed by atoms with Crippen molar-refractivity contribution in [1.82, 2.24) is 15.2 Å². The number of fused-ring (bicyclic) bond motifs is 1. The van der Waals surface area contributed by atoms with Crippen molar-refractivity contribution in [2.24, 2.45) is 0 Å². The van der Waals surface area contributed by atoms with Crippen molar-refractivity contribution in [3.05, 3.63) is 35.5 Å². The van der Waals surface area contributed by atoms with E-state index < -0.39 is 5.97 Å². The van der Waals surface area contributed by atoms with Gasteiger partial charge >= 0.3 is 5.97 Å². The number of H-pyrrole nitrogens is 1. The average Bonchev–Trinajstić information content (AvgIpc) is 3.18. The summed E-state index contributed by atoms with van der Waals surface area (Å²) in [4.78, 5) is 16.7. The number of carbonyl (C=O) groups is 1. The number of aryl methyl sites for hydroxylation is 1. The van der Waals surface area contributed by atoms with Gasteiger partial charge in [0.1, 0.15) is 0 Å². The topological polar surface area (TPSA) is 77.6 Å². The van der Waals surface area contributed by atoms with Crippen LogP contribution in [0.4, 0.5) is 0 Å². The molecule has 0 radical (unpaired) electrons. The fraction of sp³-hybridized carbons (Fsp3) is 0.591. The number of carboxylic acid groups (broad SMARTS) is 1. The van der Waals surface area contributed by atoms with Gasteiger partial charge in [-0.15, -0.1) is 11.6 Å². The van der Waals surface area contributed by atoms with Gasteiger partial charge in [0.25, 0.3) is 0 Å². The number of aromatic amines is 1. The molecule has 7 heteroatoms. The summed E-state index contributed by atoms with van der Waals surface area (Å²) in [5.74, 6) is -0.220. The highest BCUT2D eigenvalue weighted by Crippen LogP contribution is 2.21. The van der Waals surface area contributed by atoms with E-state index in [2.05, 4.69) is 15.2 Å². The van der Waals surface area contributed by atoms with Gasteiger partial charge in [-0.2, -0.15) is 0 Å². The lowest BCUT2D eigenvalue weighted by Gasteiger charge is -2.36. The summed E-state index contributed by atoms with van der Waals surface area (Å²) in [6.45, 7) is 6.55. The maximum atomic E-state index is 10.9. The molecular formula is C22H32ClN3O3. The van der Waals surface area contributed by atoms with Gasteiger partial charge in [-0.1, -0.05) is 0 Å². The van der Waals surface area contributed by atoms with Gasteiger partial charge in [0, 0.05) is 42.1 Å². The first-order chi connectivity index (χ1) is 14.2. The van der Waals surface area contributed by atoms with Crippen LogP contribution in [0.25, 0.3) is 10.9 Å². The van der Waals surface area contributed by atoms with E-state index in [0.29, 0.717) is 11.4 Å². The Bertz CT molecular complexity index is 752. The number of rotatable bonds is 6. The molecule has 0 unspecified atom stereocenters. The van der Waals surface area contributed by atoms with Gasteiger partial charge in [-0.3, -0.25) is 4.90 Å².